The zero-order valence-electron chi connectivity index (χ0n) is 15.6. The molecule has 0 bridgehead atoms. The van der Waals surface area contributed by atoms with Crippen molar-refractivity contribution >= 4 is 28.3 Å². The zero-order chi connectivity index (χ0) is 22.8. The first-order valence-electron chi connectivity index (χ1n) is 8.72. The van der Waals surface area contributed by atoms with Crippen molar-refractivity contribution in [2.75, 3.05) is 7.11 Å². The van der Waals surface area contributed by atoms with Gasteiger partial charge in [-0.3, -0.25) is 4.79 Å². The minimum atomic E-state index is -5.31. The van der Waals surface area contributed by atoms with Crippen LogP contribution in [0.1, 0.15) is 21.5 Å². The van der Waals surface area contributed by atoms with Crippen LogP contribution in [-0.4, -0.2) is 30.4 Å². The number of carbonyl (C=O) groups excluding carboxylic acids is 1. The van der Waals surface area contributed by atoms with Gasteiger partial charge in [0.05, 0.1) is 7.11 Å². The van der Waals surface area contributed by atoms with Crippen LogP contribution in [0, 0.1) is 0 Å². The molecule has 1 aliphatic heterocycles. The average molecular weight is 458 g/mol. The summed E-state index contributed by atoms with van der Waals surface area (Å²) in [7, 11) is 1.23. The summed E-state index contributed by atoms with van der Waals surface area (Å²) in [6.07, 6.45) is -10.6. The van der Waals surface area contributed by atoms with E-state index in [-0.39, 0.29) is 26.3 Å². The number of hydrogen-bond acceptors (Lipinski definition) is 4. The lowest BCUT2D eigenvalue weighted by Crippen LogP contribution is -2.45. The molecule has 3 aromatic rings. The number of rotatable bonds is 2. The number of halogens is 6. The van der Waals surface area contributed by atoms with Gasteiger partial charge in [0.2, 0.25) is 5.60 Å². The van der Waals surface area contributed by atoms with Gasteiger partial charge in [0.1, 0.15) is 5.75 Å². The molecule has 1 aliphatic rings. The SMILES string of the molecule is COc1ccc2c(c1)C(O)(C(F)(F)F)c1cc(C(=O)C(F)(F)F)c3ccccc3c1S2. The van der Waals surface area contributed by atoms with Gasteiger partial charge in [0.15, 0.2) is 0 Å². The molecule has 0 aliphatic carbocycles. The number of alkyl halides is 6. The molecule has 10 heteroatoms. The maximum atomic E-state index is 14.3. The number of methoxy groups -OCH3 is 1. The van der Waals surface area contributed by atoms with E-state index in [1.807, 2.05) is 0 Å². The number of Topliss-reactive ketones (excluding diaryl/α,β-unsaturated/α-hetero) is 1. The van der Waals surface area contributed by atoms with Crippen molar-refractivity contribution in [3.63, 3.8) is 0 Å². The Hall–Kier alpha value is -2.72. The molecule has 1 N–H and O–H groups in total. The van der Waals surface area contributed by atoms with Crippen molar-refractivity contribution in [3.8, 4) is 5.75 Å². The maximum Gasteiger partial charge on any atom is 0.454 e. The van der Waals surface area contributed by atoms with Gasteiger partial charge in [-0.15, -0.1) is 0 Å². The number of ketones is 1. The topological polar surface area (TPSA) is 46.5 Å². The number of aliphatic hydroxyl groups is 1. The third-order valence-corrected chi connectivity index (χ3v) is 6.31. The molecular weight excluding hydrogens is 446 g/mol. The molecule has 0 saturated heterocycles. The van der Waals surface area contributed by atoms with E-state index < -0.39 is 40.4 Å². The molecule has 1 heterocycles. The molecule has 0 spiro atoms. The van der Waals surface area contributed by atoms with Gasteiger partial charge in [-0.2, -0.15) is 26.3 Å². The molecule has 1 unspecified atom stereocenters. The number of hydrogen-bond donors (Lipinski definition) is 1. The van der Waals surface area contributed by atoms with Gasteiger partial charge in [-0.1, -0.05) is 36.0 Å². The molecule has 0 aromatic heterocycles. The van der Waals surface area contributed by atoms with Gasteiger partial charge >= 0.3 is 12.4 Å². The van der Waals surface area contributed by atoms with E-state index >= 15 is 0 Å². The van der Waals surface area contributed by atoms with Crippen molar-refractivity contribution in [1.29, 1.82) is 0 Å². The predicted octanol–water partition coefficient (Wildman–Crippen LogP) is 5.86. The molecule has 0 fully saturated rings. The second-order valence-electron chi connectivity index (χ2n) is 6.85. The Morgan fingerprint density at radius 3 is 2.19 bits per heavy atom. The predicted molar refractivity (Wildman–Crippen MR) is 101 cm³/mol. The van der Waals surface area contributed by atoms with Crippen LogP contribution in [0.15, 0.2) is 58.3 Å². The van der Waals surface area contributed by atoms with Gasteiger partial charge in [0.25, 0.3) is 5.78 Å². The van der Waals surface area contributed by atoms with E-state index in [1.54, 1.807) is 0 Å². The fourth-order valence-electron chi connectivity index (χ4n) is 3.64. The fraction of sp³-hybridized carbons (Fsp3) is 0.190. The summed E-state index contributed by atoms with van der Waals surface area (Å²) in [5, 5.41) is 10.9. The minimum Gasteiger partial charge on any atom is -0.497 e. The Balaban J connectivity index is 2.14. The quantitative estimate of drug-likeness (QED) is 0.386. The van der Waals surface area contributed by atoms with Crippen molar-refractivity contribution in [2.24, 2.45) is 0 Å². The van der Waals surface area contributed by atoms with Crippen LogP contribution in [0.2, 0.25) is 0 Å². The van der Waals surface area contributed by atoms with Gasteiger partial charge in [-0.25, -0.2) is 0 Å². The third kappa shape index (κ3) is 3.16. The zero-order valence-corrected chi connectivity index (χ0v) is 16.4. The summed E-state index contributed by atoms with van der Waals surface area (Å²) >= 11 is 0.869. The fourth-order valence-corrected chi connectivity index (χ4v) is 4.91. The molecular formula is C21H12F6O3S. The van der Waals surface area contributed by atoms with Crippen LogP contribution in [0.25, 0.3) is 10.8 Å². The summed E-state index contributed by atoms with van der Waals surface area (Å²) in [6, 6.07) is 9.59. The van der Waals surface area contributed by atoms with Crippen LogP contribution in [0.3, 0.4) is 0 Å². The van der Waals surface area contributed by atoms with E-state index in [0.29, 0.717) is 6.07 Å². The summed E-state index contributed by atoms with van der Waals surface area (Å²) < 4.78 is 87.4. The van der Waals surface area contributed by atoms with E-state index in [4.69, 9.17) is 4.74 Å². The number of fused-ring (bicyclic) bond motifs is 4. The monoisotopic (exact) mass is 458 g/mol. The Morgan fingerprint density at radius 2 is 1.61 bits per heavy atom. The van der Waals surface area contributed by atoms with Crippen LogP contribution in [0.4, 0.5) is 26.3 Å². The highest BCUT2D eigenvalue weighted by Gasteiger charge is 2.60. The molecule has 0 amide bonds. The Labute approximate surface area is 175 Å². The molecule has 3 nitrogen and oxygen atoms in total. The first kappa shape index (κ1) is 21.5. The molecule has 4 rings (SSSR count). The second-order valence-corrected chi connectivity index (χ2v) is 7.90. The van der Waals surface area contributed by atoms with E-state index in [9.17, 15) is 36.2 Å². The Kier molecular flexibility index (Phi) is 4.78. The highest BCUT2D eigenvalue weighted by Crippen LogP contribution is 2.57. The second kappa shape index (κ2) is 6.89. The molecule has 162 valence electrons. The van der Waals surface area contributed by atoms with Crippen LogP contribution in [0.5, 0.6) is 5.75 Å². The van der Waals surface area contributed by atoms with E-state index in [0.717, 1.165) is 17.8 Å². The van der Waals surface area contributed by atoms with Crippen molar-refractivity contribution in [3.05, 3.63) is 65.2 Å². The number of benzene rings is 3. The lowest BCUT2D eigenvalue weighted by atomic mass is 9.82. The summed E-state index contributed by atoms with van der Waals surface area (Å²) in [4.78, 5) is 12.0. The molecule has 31 heavy (non-hydrogen) atoms. The first-order chi connectivity index (χ1) is 14.4. The van der Waals surface area contributed by atoms with E-state index in [2.05, 4.69) is 0 Å². The summed E-state index contributed by atoms with van der Waals surface area (Å²) in [5.74, 6) is -2.27. The van der Waals surface area contributed by atoms with Crippen molar-refractivity contribution < 1.29 is 41.0 Å². The maximum absolute atomic E-state index is 14.3. The highest BCUT2D eigenvalue weighted by atomic mass is 32.2. The molecule has 3 aromatic carbocycles. The van der Waals surface area contributed by atoms with Gasteiger partial charge in [-0.05, 0) is 35.0 Å². The average Bonchev–Trinajstić information content (AvgIpc) is 2.71. The Morgan fingerprint density at radius 1 is 0.968 bits per heavy atom. The van der Waals surface area contributed by atoms with Gasteiger partial charge in [0, 0.05) is 26.5 Å². The van der Waals surface area contributed by atoms with Crippen molar-refractivity contribution in [2.45, 2.75) is 27.7 Å². The summed E-state index contributed by atoms with van der Waals surface area (Å²) in [5.41, 5.74) is -6.03. The summed E-state index contributed by atoms with van der Waals surface area (Å²) in [6.45, 7) is 0. The molecule has 1 atom stereocenters. The van der Waals surface area contributed by atoms with Gasteiger partial charge < -0.3 is 9.84 Å². The Bertz CT molecular complexity index is 1220. The lowest BCUT2D eigenvalue weighted by molar-refractivity contribution is -0.250. The standard InChI is InChI=1S/C21H12F6O3S/c1-30-10-6-7-16-14(8-10)19(29,21(25,26)27)15-9-13(18(28)20(22,23)24)11-4-2-3-5-12(11)17(15)31-16/h2-9,29H,1H3. The normalized spacial score (nSPS) is 18.5. The first-order valence-corrected chi connectivity index (χ1v) is 9.54. The lowest BCUT2D eigenvalue weighted by Gasteiger charge is -2.38. The van der Waals surface area contributed by atoms with Crippen LogP contribution < -0.4 is 4.74 Å². The van der Waals surface area contributed by atoms with E-state index in [1.165, 1.54) is 43.5 Å². The largest absolute Gasteiger partial charge is 0.497 e. The highest BCUT2D eigenvalue weighted by molar-refractivity contribution is 7.99. The number of carbonyl (C=O) groups is 1. The smallest absolute Gasteiger partial charge is 0.454 e. The van der Waals surface area contributed by atoms with Crippen molar-refractivity contribution in [1.82, 2.24) is 0 Å². The van der Waals surface area contributed by atoms with Crippen LogP contribution >= 0.6 is 11.8 Å². The minimum absolute atomic E-state index is 0.00161. The molecule has 0 saturated carbocycles. The number of ether oxygens (including phenoxy) is 1. The third-order valence-electron chi connectivity index (χ3n) is 5.09. The molecule has 0 radical (unpaired) electrons. The van der Waals surface area contributed by atoms with Crippen LogP contribution in [-0.2, 0) is 5.60 Å².